The largest absolute Gasteiger partial charge is 0.478 e. The highest BCUT2D eigenvalue weighted by molar-refractivity contribution is 6.34. The van der Waals surface area contributed by atoms with E-state index in [9.17, 15) is 42.6 Å². The number of rotatable bonds is 11. The number of H-pyrrole nitrogens is 2. The Morgan fingerprint density at radius 1 is 0.556 bits per heavy atom. The van der Waals surface area contributed by atoms with Crippen molar-refractivity contribution in [2.24, 2.45) is 0 Å². The molecular weight excluding hydrogens is 833 g/mol. The van der Waals surface area contributed by atoms with Crippen LogP contribution in [-0.4, -0.2) is 43.9 Å². The lowest BCUT2D eigenvalue weighted by Crippen LogP contribution is -2.18. The highest BCUT2D eigenvalue weighted by Gasteiger charge is 2.22. The highest BCUT2D eigenvalue weighted by Crippen LogP contribution is 2.35. The molecular formula is C49H38ClF3N4O6. The summed E-state index contributed by atoms with van der Waals surface area (Å²) in [5.74, 6) is -6.85. The van der Waals surface area contributed by atoms with Crippen molar-refractivity contribution in [1.82, 2.24) is 9.97 Å². The number of amides is 2. The second kappa shape index (κ2) is 18.5. The molecule has 0 unspecified atom stereocenters. The van der Waals surface area contributed by atoms with E-state index in [0.717, 1.165) is 69.9 Å². The van der Waals surface area contributed by atoms with Crippen LogP contribution in [0.2, 0.25) is 5.02 Å². The number of carboxylic acids is 2. The Morgan fingerprint density at radius 3 is 1.44 bits per heavy atom. The molecule has 2 heterocycles. The first-order chi connectivity index (χ1) is 30.3. The number of aryl methyl sites for hydroxylation is 2. The molecule has 0 aliphatic rings. The minimum absolute atomic E-state index is 0.0148. The van der Waals surface area contributed by atoms with Crippen LogP contribution in [0.1, 0.15) is 72.8 Å². The summed E-state index contributed by atoms with van der Waals surface area (Å²) in [6, 6.07) is 27.6. The number of benzene rings is 6. The molecule has 2 aromatic heterocycles. The van der Waals surface area contributed by atoms with Gasteiger partial charge in [-0.15, -0.1) is 0 Å². The smallest absolute Gasteiger partial charge is 0.336 e. The van der Waals surface area contributed by atoms with Gasteiger partial charge in [-0.2, -0.15) is 0 Å². The Labute approximate surface area is 363 Å². The molecule has 0 radical (unpaired) electrons. The predicted molar refractivity (Wildman–Crippen MR) is 238 cm³/mol. The monoisotopic (exact) mass is 870 g/mol. The minimum atomic E-state index is -1.31. The van der Waals surface area contributed by atoms with E-state index in [1.807, 2.05) is 42.7 Å². The van der Waals surface area contributed by atoms with E-state index in [0.29, 0.717) is 16.7 Å². The van der Waals surface area contributed by atoms with Gasteiger partial charge in [-0.05, 0) is 119 Å². The molecule has 0 bridgehead atoms. The molecule has 14 heteroatoms. The molecule has 10 nitrogen and oxygen atoms in total. The van der Waals surface area contributed by atoms with Gasteiger partial charge in [0.05, 0.1) is 33.0 Å². The number of aromatic carboxylic acids is 2. The molecule has 63 heavy (non-hydrogen) atoms. The summed E-state index contributed by atoms with van der Waals surface area (Å²) in [4.78, 5) is 54.2. The molecule has 8 aromatic rings. The van der Waals surface area contributed by atoms with Crippen LogP contribution >= 0.6 is 11.6 Å². The number of anilines is 2. The van der Waals surface area contributed by atoms with E-state index in [2.05, 4.69) is 34.4 Å². The van der Waals surface area contributed by atoms with Gasteiger partial charge in [0.2, 0.25) is 0 Å². The van der Waals surface area contributed by atoms with Gasteiger partial charge in [-0.1, -0.05) is 68.3 Å². The SMILES string of the molecule is CCCc1c[nH]c2ccc(-c3cc(F)c(NC(=O)c4ccccc4C(=O)O)c(F)c3)cc12.CCc1c[nH]c2ccc(-c3cc(F)c(NC(=O)c4ccccc4C(=O)O)c(Cl)c3)cc12. The standard InChI is InChI=1S/C25H20F2N2O3.C24H18ClFN2O3/c1-2-5-15-13-28-22-9-8-14(10-19(15)22)16-11-20(26)23(21(27)12-16)29-24(30)17-6-3-4-7-18(17)25(31)32;1-2-13-12-27-21-8-7-14(9-18(13)21)15-10-19(25)22(20(26)11-15)28-23(29)16-5-3-4-6-17(16)24(30)31/h3-4,6-13,28H,2,5H2,1H3,(H,29,30)(H,31,32);3-12,27H,2H2,1H3,(H,28,29)(H,30,31). The van der Waals surface area contributed by atoms with Gasteiger partial charge < -0.3 is 30.8 Å². The molecule has 0 aliphatic heterocycles. The number of aromatic nitrogens is 2. The van der Waals surface area contributed by atoms with Gasteiger partial charge in [0.25, 0.3) is 11.8 Å². The van der Waals surface area contributed by atoms with Crippen LogP contribution in [-0.2, 0) is 12.8 Å². The number of carbonyl (C=O) groups is 4. The fraction of sp³-hybridized carbons (Fsp3) is 0.102. The minimum Gasteiger partial charge on any atom is -0.478 e. The van der Waals surface area contributed by atoms with Crippen LogP contribution in [0.3, 0.4) is 0 Å². The molecule has 6 N–H and O–H groups in total. The number of carbonyl (C=O) groups excluding carboxylic acids is 2. The van der Waals surface area contributed by atoms with Crippen molar-refractivity contribution in [3.05, 3.63) is 177 Å². The first kappa shape index (κ1) is 43.4. The molecule has 2 amide bonds. The Bertz CT molecular complexity index is 3040. The van der Waals surface area contributed by atoms with Crippen molar-refractivity contribution in [1.29, 1.82) is 0 Å². The van der Waals surface area contributed by atoms with E-state index in [-0.39, 0.29) is 33.0 Å². The summed E-state index contributed by atoms with van der Waals surface area (Å²) in [6.07, 6.45) is 6.61. The van der Waals surface area contributed by atoms with E-state index >= 15 is 0 Å². The van der Waals surface area contributed by atoms with Gasteiger partial charge in [-0.3, -0.25) is 9.59 Å². The van der Waals surface area contributed by atoms with E-state index in [4.69, 9.17) is 11.6 Å². The highest BCUT2D eigenvalue weighted by atomic mass is 35.5. The van der Waals surface area contributed by atoms with Crippen LogP contribution in [0.15, 0.2) is 122 Å². The lowest BCUT2D eigenvalue weighted by atomic mass is 10.0. The normalized spacial score (nSPS) is 11.0. The first-order valence-corrected chi connectivity index (χ1v) is 20.1. The van der Waals surface area contributed by atoms with Crippen molar-refractivity contribution < 1.29 is 42.6 Å². The average molecular weight is 871 g/mol. The number of fused-ring (bicyclic) bond motifs is 2. The summed E-state index contributed by atoms with van der Waals surface area (Å²) >= 11 is 6.30. The maximum absolute atomic E-state index is 14.9. The van der Waals surface area contributed by atoms with Gasteiger partial charge in [0.1, 0.15) is 23.1 Å². The quantitative estimate of drug-likeness (QED) is 0.0757. The van der Waals surface area contributed by atoms with Crippen LogP contribution < -0.4 is 10.6 Å². The molecule has 0 aliphatic carbocycles. The van der Waals surface area contributed by atoms with Gasteiger partial charge in [0.15, 0.2) is 0 Å². The Morgan fingerprint density at radius 2 is 0.984 bits per heavy atom. The third kappa shape index (κ3) is 9.19. The number of nitrogens with one attached hydrogen (secondary N) is 4. The second-order valence-corrected chi connectivity index (χ2v) is 14.9. The van der Waals surface area contributed by atoms with E-state index in [1.165, 1.54) is 54.6 Å². The summed E-state index contributed by atoms with van der Waals surface area (Å²) < 4.78 is 44.5. The number of halogens is 4. The van der Waals surface area contributed by atoms with Crippen molar-refractivity contribution in [3.8, 4) is 22.3 Å². The topological polar surface area (TPSA) is 164 Å². The first-order valence-electron chi connectivity index (χ1n) is 19.7. The third-order valence-electron chi connectivity index (χ3n) is 10.5. The van der Waals surface area contributed by atoms with Crippen LogP contribution in [0, 0.1) is 17.5 Å². The molecule has 0 saturated heterocycles. The van der Waals surface area contributed by atoms with Crippen LogP contribution in [0.4, 0.5) is 24.5 Å². The maximum atomic E-state index is 14.9. The maximum Gasteiger partial charge on any atom is 0.336 e. The van der Waals surface area contributed by atoms with Crippen LogP contribution in [0.5, 0.6) is 0 Å². The fourth-order valence-electron chi connectivity index (χ4n) is 7.30. The molecule has 0 saturated carbocycles. The Balaban J connectivity index is 0.000000189. The van der Waals surface area contributed by atoms with Crippen molar-refractivity contribution in [2.75, 3.05) is 10.6 Å². The van der Waals surface area contributed by atoms with Crippen LogP contribution in [0.25, 0.3) is 44.1 Å². The van der Waals surface area contributed by atoms with Gasteiger partial charge in [-0.25, -0.2) is 22.8 Å². The number of hydrogen-bond donors (Lipinski definition) is 6. The summed E-state index contributed by atoms with van der Waals surface area (Å²) in [5.41, 5.74) is 5.00. The Kier molecular flexibility index (Phi) is 12.8. The number of hydrogen-bond acceptors (Lipinski definition) is 4. The second-order valence-electron chi connectivity index (χ2n) is 14.5. The third-order valence-corrected chi connectivity index (χ3v) is 10.8. The summed E-state index contributed by atoms with van der Waals surface area (Å²) in [6.45, 7) is 4.14. The molecule has 0 atom stereocenters. The lowest BCUT2D eigenvalue weighted by Gasteiger charge is -2.12. The van der Waals surface area contributed by atoms with Crippen molar-refractivity contribution >= 4 is 68.5 Å². The molecule has 0 spiro atoms. The molecule has 318 valence electrons. The zero-order valence-corrected chi connectivity index (χ0v) is 34.5. The van der Waals surface area contributed by atoms with Crippen molar-refractivity contribution in [2.45, 2.75) is 33.1 Å². The number of aromatic amines is 2. The summed E-state index contributed by atoms with van der Waals surface area (Å²) in [7, 11) is 0. The Hall–Kier alpha value is -7.64. The lowest BCUT2D eigenvalue weighted by molar-refractivity contribution is 0.0683. The van der Waals surface area contributed by atoms with Gasteiger partial charge >= 0.3 is 11.9 Å². The van der Waals surface area contributed by atoms with E-state index < -0.39 is 46.9 Å². The average Bonchev–Trinajstić information content (AvgIpc) is 3.89. The molecule has 8 rings (SSSR count). The zero-order chi connectivity index (χ0) is 44.9. The molecule has 6 aromatic carbocycles. The molecule has 0 fully saturated rings. The van der Waals surface area contributed by atoms with Crippen molar-refractivity contribution in [3.63, 3.8) is 0 Å². The number of carboxylic acid groups (broad SMARTS) is 2. The summed E-state index contributed by atoms with van der Waals surface area (Å²) in [5, 5.41) is 25.1. The zero-order valence-electron chi connectivity index (χ0n) is 33.7. The fourth-order valence-corrected chi connectivity index (χ4v) is 7.56. The predicted octanol–water partition coefficient (Wildman–Crippen LogP) is 12.2. The van der Waals surface area contributed by atoms with Gasteiger partial charge in [0, 0.05) is 34.2 Å². The van der Waals surface area contributed by atoms with E-state index in [1.54, 1.807) is 12.1 Å².